The molecule has 5 heteroatoms. The molecule has 0 saturated heterocycles. The second-order valence-electron chi connectivity index (χ2n) is 4.24. The summed E-state index contributed by atoms with van der Waals surface area (Å²) in [6.07, 6.45) is 6.65. The summed E-state index contributed by atoms with van der Waals surface area (Å²) in [5, 5.41) is 8.98. The lowest BCUT2D eigenvalue weighted by Crippen LogP contribution is -2.42. The van der Waals surface area contributed by atoms with E-state index in [0.29, 0.717) is 12.2 Å². The number of alkyl halides is 1. The number of hydrogen-bond acceptors (Lipinski definition) is 2. The lowest BCUT2D eigenvalue weighted by Gasteiger charge is -2.02. The Morgan fingerprint density at radius 1 is 1.76 bits per heavy atom. The SMILES string of the molecule is C=CCn1cc(C#N)[n+](CC(=O)C2(Cl)CC2)c1. The summed E-state index contributed by atoms with van der Waals surface area (Å²) < 4.78 is 3.45. The standard InChI is InChI=1S/C12H13ClN3O/c1-2-5-15-7-10(6-14)16(9-15)8-11(17)12(13)3-4-12/h2,7,9H,1,3-5,8H2/q+1. The molecule has 1 aromatic rings. The Balaban J connectivity index is 2.17. The van der Waals surface area contributed by atoms with Crippen molar-refractivity contribution >= 4 is 17.4 Å². The fourth-order valence-corrected chi connectivity index (χ4v) is 1.81. The number of hydrogen-bond donors (Lipinski definition) is 0. The molecule has 2 rings (SSSR count). The van der Waals surface area contributed by atoms with Gasteiger partial charge < -0.3 is 0 Å². The fourth-order valence-electron chi connectivity index (χ4n) is 1.66. The Labute approximate surface area is 105 Å². The van der Waals surface area contributed by atoms with E-state index in [1.165, 1.54) is 0 Å². The van der Waals surface area contributed by atoms with Crippen LogP contribution < -0.4 is 4.57 Å². The molecule has 0 radical (unpaired) electrons. The molecule has 1 aromatic heterocycles. The number of Topliss-reactive ketones (excluding diaryl/α,β-unsaturated/α-hetero) is 1. The Kier molecular flexibility index (Phi) is 3.03. The van der Waals surface area contributed by atoms with Gasteiger partial charge in [0.05, 0.1) is 0 Å². The van der Waals surface area contributed by atoms with E-state index >= 15 is 0 Å². The normalized spacial score (nSPS) is 16.2. The summed E-state index contributed by atoms with van der Waals surface area (Å²) in [6.45, 7) is 4.41. The van der Waals surface area contributed by atoms with Crippen LogP contribution >= 0.6 is 11.6 Å². The second-order valence-corrected chi connectivity index (χ2v) is 4.97. The average Bonchev–Trinajstić information content (AvgIpc) is 2.93. The predicted molar refractivity (Wildman–Crippen MR) is 62.4 cm³/mol. The van der Waals surface area contributed by atoms with Crippen molar-refractivity contribution in [2.45, 2.75) is 30.8 Å². The third kappa shape index (κ3) is 2.40. The molecule has 1 saturated carbocycles. The van der Waals surface area contributed by atoms with Gasteiger partial charge in [-0.15, -0.1) is 11.6 Å². The van der Waals surface area contributed by atoms with Gasteiger partial charge in [-0.3, -0.25) is 4.79 Å². The fraction of sp³-hybridized carbons (Fsp3) is 0.417. The summed E-state index contributed by atoms with van der Waals surface area (Å²) in [5.41, 5.74) is 0.459. The zero-order valence-electron chi connectivity index (χ0n) is 9.40. The van der Waals surface area contributed by atoms with E-state index in [-0.39, 0.29) is 12.3 Å². The molecule has 1 aliphatic carbocycles. The Hall–Kier alpha value is -1.60. The Morgan fingerprint density at radius 2 is 2.47 bits per heavy atom. The van der Waals surface area contributed by atoms with Gasteiger partial charge in [0.2, 0.25) is 12.0 Å². The van der Waals surface area contributed by atoms with Gasteiger partial charge in [0, 0.05) is 0 Å². The Bertz CT molecular complexity index is 508. The molecule has 1 heterocycles. The van der Waals surface area contributed by atoms with E-state index in [0.717, 1.165) is 12.8 Å². The van der Waals surface area contributed by atoms with Gasteiger partial charge in [0.1, 0.15) is 23.7 Å². The van der Waals surface area contributed by atoms with Gasteiger partial charge in [0.25, 0.3) is 0 Å². The third-order valence-corrected chi connectivity index (χ3v) is 3.43. The van der Waals surface area contributed by atoms with Crippen LogP contribution in [0.4, 0.5) is 0 Å². The van der Waals surface area contributed by atoms with E-state index < -0.39 is 4.87 Å². The van der Waals surface area contributed by atoms with Crippen molar-refractivity contribution in [2.24, 2.45) is 0 Å². The highest BCUT2D eigenvalue weighted by atomic mass is 35.5. The molecule has 0 atom stereocenters. The first-order valence-corrected chi connectivity index (χ1v) is 5.79. The van der Waals surface area contributed by atoms with Crippen LogP contribution in [0.2, 0.25) is 0 Å². The summed E-state index contributed by atoms with van der Waals surface area (Å²) in [7, 11) is 0. The summed E-state index contributed by atoms with van der Waals surface area (Å²) in [6, 6.07) is 2.06. The number of aromatic nitrogens is 2. The number of ketones is 1. The minimum absolute atomic E-state index is 0.0166. The maximum Gasteiger partial charge on any atom is 0.245 e. The van der Waals surface area contributed by atoms with Gasteiger partial charge in [-0.05, 0) is 12.8 Å². The zero-order chi connectivity index (χ0) is 12.5. The molecule has 0 N–H and O–H groups in total. The van der Waals surface area contributed by atoms with Gasteiger partial charge in [0.15, 0.2) is 12.3 Å². The zero-order valence-corrected chi connectivity index (χ0v) is 10.2. The molecule has 4 nitrogen and oxygen atoms in total. The van der Waals surface area contributed by atoms with Crippen LogP contribution in [-0.2, 0) is 17.9 Å². The highest BCUT2D eigenvalue weighted by molar-refractivity contribution is 6.37. The van der Waals surface area contributed by atoms with Crippen LogP contribution in [0.25, 0.3) is 0 Å². The predicted octanol–water partition coefficient (Wildman–Crippen LogP) is 1.17. The number of carbonyl (C=O) groups excluding carboxylic acids is 1. The summed E-state index contributed by atoms with van der Waals surface area (Å²) in [4.78, 5) is 11.2. The van der Waals surface area contributed by atoms with E-state index in [4.69, 9.17) is 16.9 Å². The number of carbonyl (C=O) groups is 1. The van der Waals surface area contributed by atoms with E-state index in [2.05, 4.69) is 12.6 Å². The second kappa shape index (κ2) is 4.34. The highest BCUT2D eigenvalue weighted by Crippen LogP contribution is 2.43. The third-order valence-electron chi connectivity index (χ3n) is 2.84. The van der Waals surface area contributed by atoms with Crippen molar-refractivity contribution < 1.29 is 9.36 Å². The maximum atomic E-state index is 11.8. The van der Waals surface area contributed by atoms with Crippen molar-refractivity contribution in [2.75, 3.05) is 0 Å². The first-order chi connectivity index (χ1) is 8.09. The molecule has 1 aliphatic rings. The first-order valence-electron chi connectivity index (χ1n) is 5.41. The van der Waals surface area contributed by atoms with Crippen LogP contribution in [0.3, 0.4) is 0 Å². The quantitative estimate of drug-likeness (QED) is 0.448. The topological polar surface area (TPSA) is 49.7 Å². The Morgan fingerprint density at radius 3 is 3.00 bits per heavy atom. The largest absolute Gasteiger partial charge is 0.293 e. The smallest absolute Gasteiger partial charge is 0.245 e. The summed E-state index contributed by atoms with van der Waals surface area (Å²) in [5.74, 6) is -0.0166. The number of halogens is 1. The van der Waals surface area contributed by atoms with Crippen molar-refractivity contribution in [3.8, 4) is 6.07 Å². The molecular weight excluding hydrogens is 238 g/mol. The molecule has 0 unspecified atom stereocenters. The lowest BCUT2D eigenvalue weighted by molar-refractivity contribution is -0.686. The minimum atomic E-state index is -0.666. The molecule has 0 aliphatic heterocycles. The van der Waals surface area contributed by atoms with Crippen molar-refractivity contribution in [3.63, 3.8) is 0 Å². The van der Waals surface area contributed by atoms with Crippen LogP contribution in [-0.4, -0.2) is 15.2 Å². The van der Waals surface area contributed by atoms with Crippen molar-refractivity contribution in [1.29, 1.82) is 5.26 Å². The molecule has 0 bridgehead atoms. The van der Waals surface area contributed by atoms with Crippen LogP contribution in [0.1, 0.15) is 18.5 Å². The first kappa shape index (κ1) is 11.9. The van der Waals surface area contributed by atoms with Crippen LogP contribution in [0.15, 0.2) is 25.2 Å². The molecule has 88 valence electrons. The van der Waals surface area contributed by atoms with Crippen molar-refractivity contribution in [3.05, 3.63) is 30.9 Å². The van der Waals surface area contributed by atoms with Gasteiger partial charge in [-0.25, -0.2) is 9.13 Å². The highest BCUT2D eigenvalue weighted by Gasteiger charge is 2.48. The minimum Gasteiger partial charge on any atom is -0.293 e. The maximum absolute atomic E-state index is 11.8. The molecule has 17 heavy (non-hydrogen) atoms. The molecule has 0 spiro atoms. The summed E-state index contributed by atoms with van der Waals surface area (Å²) >= 11 is 6.04. The molecule has 0 aromatic carbocycles. The lowest BCUT2D eigenvalue weighted by atomic mass is 10.2. The van der Waals surface area contributed by atoms with Gasteiger partial charge in [-0.2, -0.15) is 5.26 Å². The molecule has 1 fully saturated rings. The number of nitriles is 1. The van der Waals surface area contributed by atoms with Crippen LogP contribution in [0, 0.1) is 11.3 Å². The van der Waals surface area contributed by atoms with E-state index in [1.54, 1.807) is 23.2 Å². The van der Waals surface area contributed by atoms with Gasteiger partial charge in [-0.1, -0.05) is 12.7 Å². The number of allylic oxidation sites excluding steroid dienone is 1. The number of imidazole rings is 1. The van der Waals surface area contributed by atoms with Crippen molar-refractivity contribution in [1.82, 2.24) is 4.57 Å². The molecular formula is C12H13ClN3O+. The van der Waals surface area contributed by atoms with Crippen LogP contribution in [0.5, 0.6) is 0 Å². The van der Waals surface area contributed by atoms with Gasteiger partial charge >= 0.3 is 0 Å². The van der Waals surface area contributed by atoms with E-state index in [9.17, 15) is 4.79 Å². The van der Waals surface area contributed by atoms with E-state index in [1.807, 2.05) is 4.57 Å². The molecule has 0 amide bonds. The number of nitrogens with zero attached hydrogens (tertiary/aromatic N) is 3. The monoisotopic (exact) mass is 250 g/mol. The average molecular weight is 251 g/mol. The number of rotatable bonds is 5.